The van der Waals surface area contributed by atoms with E-state index in [0.29, 0.717) is 11.5 Å². The molecule has 1 aromatic heterocycles. The molecular formula is C22H18N4O. The van der Waals surface area contributed by atoms with E-state index >= 15 is 0 Å². The second-order valence-corrected chi connectivity index (χ2v) is 6.17. The van der Waals surface area contributed by atoms with Crippen LogP contribution in [0.25, 0.3) is 22.0 Å². The number of aromatic hydroxyl groups is 1. The van der Waals surface area contributed by atoms with Gasteiger partial charge in [0.2, 0.25) is 5.95 Å². The number of hydrogen-bond acceptors (Lipinski definition) is 5. The molecule has 132 valence electrons. The summed E-state index contributed by atoms with van der Waals surface area (Å²) in [5.41, 5.74) is 6.21. The van der Waals surface area contributed by atoms with Crippen molar-refractivity contribution in [2.75, 3.05) is 5.43 Å². The minimum Gasteiger partial charge on any atom is -0.507 e. The van der Waals surface area contributed by atoms with E-state index in [2.05, 4.69) is 20.5 Å². The number of fused-ring (bicyclic) bond motifs is 1. The molecule has 3 aromatic carbocycles. The highest BCUT2D eigenvalue weighted by atomic mass is 16.3. The summed E-state index contributed by atoms with van der Waals surface area (Å²) in [6.45, 7) is 1.92. The summed E-state index contributed by atoms with van der Waals surface area (Å²) in [6.07, 6.45) is 1.59. The van der Waals surface area contributed by atoms with Crippen LogP contribution < -0.4 is 5.43 Å². The van der Waals surface area contributed by atoms with Crippen molar-refractivity contribution in [1.82, 2.24) is 9.97 Å². The van der Waals surface area contributed by atoms with Gasteiger partial charge >= 0.3 is 0 Å². The average molecular weight is 354 g/mol. The lowest BCUT2D eigenvalue weighted by molar-refractivity contribution is 0.475. The highest BCUT2D eigenvalue weighted by Crippen LogP contribution is 2.25. The summed E-state index contributed by atoms with van der Waals surface area (Å²) in [7, 11) is 0. The Balaban J connectivity index is 1.63. The van der Waals surface area contributed by atoms with Crippen LogP contribution in [-0.4, -0.2) is 21.3 Å². The largest absolute Gasteiger partial charge is 0.507 e. The number of rotatable bonds is 4. The number of aromatic nitrogens is 2. The van der Waals surface area contributed by atoms with Gasteiger partial charge in [-0.05, 0) is 29.8 Å². The number of phenols is 1. The third-order valence-electron chi connectivity index (χ3n) is 4.23. The first kappa shape index (κ1) is 16.7. The SMILES string of the molecule is Cc1cc(-c2ccccc2)nc(N/N=C\c2c(O)ccc3ccccc23)n1. The Hall–Kier alpha value is -3.73. The first-order chi connectivity index (χ1) is 13.2. The average Bonchev–Trinajstić information content (AvgIpc) is 2.70. The summed E-state index contributed by atoms with van der Waals surface area (Å²) >= 11 is 0. The molecule has 0 aliphatic carbocycles. The monoisotopic (exact) mass is 354 g/mol. The first-order valence-electron chi connectivity index (χ1n) is 8.61. The Morgan fingerprint density at radius 2 is 1.70 bits per heavy atom. The standard InChI is InChI=1S/C22H18N4O/c1-15-13-20(17-8-3-2-4-9-17)25-22(24-15)26-23-14-19-18-10-6-5-7-16(18)11-12-21(19)27/h2-14,27H,1H3,(H,24,25,26)/b23-14-. The molecule has 0 fully saturated rings. The predicted molar refractivity (Wildman–Crippen MR) is 109 cm³/mol. The molecular weight excluding hydrogens is 336 g/mol. The fourth-order valence-electron chi connectivity index (χ4n) is 2.95. The number of nitrogens with one attached hydrogen (secondary N) is 1. The topological polar surface area (TPSA) is 70.4 Å². The first-order valence-corrected chi connectivity index (χ1v) is 8.61. The van der Waals surface area contributed by atoms with E-state index in [1.807, 2.05) is 73.7 Å². The molecule has 0 radical (unpaired) electrons. The van der Waals surface area contributed by atoms with Crippen molar-refractivity contribution in [3.8, 4) is 17.0 Å². The number of anilines is 1. The lowest BCUT2D eigenvalue weighted by atomic mass is 10.0. The molecule has 0 aliphatic rings. The number of aryl methyl sites for hydroxylation is 1. The molecule has 0 unspecified atom stereocenters. The zero-order valence-electron chi connectivity index (χ0n) is 14.8. The van der Waals surface area contributed by atoms with Gasteiger partial charge in [-0.3, -0.25) is 0 Å². The summed E-state index contributed by atoms with van der Waals surface area (Å²) < 4.78 is 0. The number of hydrogen-bond donors (Lipinski definition) is 2. The smallest absolute Gasteiger partial charge is 0.244 e. The van der Waals surface area contributed by atoms with Crippen LogP contribution in [-0.2, 0) is 0 Å². The van der Waals surface area contributed by atoms with Gasteiger partial charge in [0, 0.05) is 16.8 Å². The van der Waals surface area contributed by atoms with Crippen molar-refractivity contribution >= 4 is 22.9 Å². The number of benzene rings is 3. The van der Waals surface area contributed by atoms with E-state index in [1.165, 1.54) is 0 Å². The molecule has 0 amide bonds. The van der Waals surface area contributed by atoms with Crippen molar-refractivity contribution in [3.05, 3.63) is 84.1 Å². The molecule has 4 rings (SSSR count). The third-order valence-corrected chi connectivity index (χ3v) is 4.23. The van der Waals surface area contributed by atoms with Gasteiger partial charge in [-0.1, -0.05) is 60.7 Å². The molecule has 0 saturated carbocycles. The molecule has 5 nitrogen and oxygen atoms in total. The number of hydrazone groups is 1. The van der Waals surface area contributed by atoms with Crippen LogP contribution in [0.15, 0.2) is 77.9 Å². The quantitative estimate of drug-likeness (QED) is 0.410. The lowest BCUT2D eigenvalue weighted by Gasteiger charge is -2.06. The third kappa shape index (κ3) is 3.62. The Bertz CT molecular complexity index is 1120. The van der Waals surface area contributed by atoms with Gasteiger partial charge in [0.1, 0.15) is 5.75 Å². The van der Waals surface area contributed by atoms with E-state index in [9.17, 15) is 5.11 Å². The predicted octanol–water partition coefficient (Wildman–Crippen LogP) is 4.76. The van der Waals surface area contributed by atoms with Crippen molar-refractivity contribution in [2.45, 2.75) is 6.92 Å². The van der Waals surface area contributed by atoms with E-state index in [-0.39, 0.29) is 5.75 Å². The molecule has 0 aliphatic heterocycles. The van der Waals surface area contributed by atoms with Crippen LogP contribution in [0.4, 0.5) is 5.95 Å². The van der Waals surface area contributed by atoms with E-state index < -0.39 is 0 Å². The highest BCUT2D eigenvalue weighted by Gasteiger charge is 2.06. The molecule has 5 heteroatoms. The van der Waals surface area contributed by atoms with Gasteiger partial charge in [0.15, 0.2) is 0 Å². The maximum atomic E-state index is 10.2. The van der Waals surface area contributed by atoms with Gasteiger partial charge in [-0.15, -0.1) is 0 Å². The van der Waals surface area contributed by atoms with E-state index in [1.54, 1.807) is 12.3 Å². The Morgan fingerprint density at radius 1 is 0.926 bits per heavy atom. The molecule has 2 N–H and O–H groups in total. The van der Waals surface area contributed by atoms with Gasteiger partial charge in [-0.25, -0.2) is 15.4 Å². The Morgan fingerprint density at radius 3 is 2.56 bits per heavy atom. The zero-order valence-corrected chi connectivity index (χ0v) is 14.8. The van der Waals surface area contributed by atoms with Crippen LogP contribution >= 0.6 is 0 Å². The lowest BCUT2D eigenvalue weighted by Crippen LogP contribution is -2.00. The fraction of sp³-hybridized carbons (Fsp3) is 0.0455. The van der Waals surface area contributed by atoms with Crippen LogP contribution in [0.2, 0.25) is 0 Å². The summed E-state index contributed by atoms with van der Waals surface area (Å²) in [4.78, 5) is 8.90. The summed E-state index contributed by atoms with van der Waals surface area (Å²) in [5, 5.41) is 16.4. The van der Waals surface area contributed by atoms with Crippen molar-refractivity contribution in [3.63, 3.8) is 0 Å². The number of phenolic OH excluding ortho intramolecular Hbond substituents is 1. The van der Waals surface area contributed by atoms with E-state index in [0.717, 1.165) is 27.7 Å². The van der Waals surface area contributed by atoms with Crippen molar-refractivity contribution < 1.29 is 5.11 Å². The second-order valence-electron chi connectivity index (χ2n) is 6.17. The van der Waals surface area contributed by atoms with Crippen LogP contribution in [0.1, 0.15) is 11.3 Å². The molecule has 27 heavy (non-hydrogen) atoms. The summed E-state index contributed by atoms with van der Waals surface area (Å²) in [5.74, 6) is 0.583. The zero-order chi connectivity index (χ0) is 18.6. The maximum absolute atomic E-state index is 10.2. The Labute approximate surface area is 157 Å². The van der Waals surface area contributed by atoms with E-state index in [4.69, 9.17) is 0 Å². The van der Waals surface area contributed by atoms with Crippen LogP contribution in [0, 0.1) is 6.92 Å². The molecule has 0 saturated heterocycles. The van der Waals surface area contributed by atoms with Crippen molar-refractivity contribution in [2.24, 2.45) is 5.10 Å². The minimum atomic E-state index is 0.175. The molecule has 0 bridgehead atoms. The number of nitrogens with zero attached hydrogens (tertiary/aromatic N) is 3. The highest BCUT2D eigenvalue weighted by molar-refractivity contribution is 6.02. The minimum absolute atomic E-state index is 0.175. The van der Waals surface area contributed by atoms with Crippen molar-refractivity contribution in [1.29, 1.82) is 0 Å². The molecule has 1 heterocycles. The van der Waals surface area contributed by atoms with Gasteiger partial charge in [0.05, 0.1) is 11.9 Å². The maximum Gasteiger partial charge on any atom is 0.244 e. The van der Waals surface area contributed by atoms with Gasteiger partial charge in [0.25, 0.3) is 0 Å². The molecule has 0 atom stereocenters. The Kier molecular flexibility index (Phi) is 4.49. The normalized spacial score (nSPS) is 11.1. The van der Waals surface area contributed by atoms with Crippen LogP contribution in [0.5, 0.6) is 5.75 Å². The van der Waals surface area contributed by atoms with Gasteiger partial charge < -0.3 is 5.11 Å². The summed E-state index contributed by atoms with van der Waals surface area (Å²) in [6, 6.07) is 23.2. The molecule has 0 spiro atoms. The fourth-order valence-corrected chi connectivity index (χ4v) is 2.95. The van der Waals surface area contributed by atoms with Gasteiger partial charge in [-0.2, -0.15) is 5.10 Å². The second kappa shape index (κ2) is 7.25. The van der Waals surface area contributed by atoms with Crippen LogP contribution in [0.3, 0.4) is 0 Å². The molecule has 4 aromatic rings.